The zero-order valence-electron chi connectivity index (χ0n) is 17.6. The summed E-state index contributed by atoms with van der Waals surface area (Å²) in [4.78, 5) is 47.0. The second kappa shape index (κ2) is 8.69. The molecule has 2 atom stereocenters. The number of benzene rings is 1. The largest absolute Gasteiger partial charge is 0.417 e. The molecule has 2 aromatic rings. The molecule has 3 heterocycles. The number of carbonyl (C=O) groups is 2. The maximum absolute atomic E-state index is 13.1. The van der Waals surface area contributed by atoms with E-state index in [2.05, 4.69) is 27.5 Å². The average Bonchev–Trinajstić information content (AvgIpc) is 2.73. The number of carbonyl (C=O) groups excluding carboxylic acids is 2. The number of fused-ring (bicyclic) bond motifs is 1. The number of aromatic nitrogens is 2. The molecule has 1 fully saturated rings. The van der Waals surface area contributed by atoms with Crippen LogP contribution in [0.3, 0.4) is 0 Å². The van der Waals surface area contributed by atoms with Crippen LogP contribution in [0.25, 0.3) is 0 Å². The lowest BCUT2D eigenvalue weighted by Gasteiger charge is -2.32. The van der Waals surface area contributed by atoms with Gasteiger partial charge in [0, 0.05) is 25.2 Å². The van der Waals surface area contributed by atoms with E-state index in [1.54, 1.807) is 0 Å². The second-order valence-corrected chi connectivity index (χ2v) is 8.74. The highest BCUT2D eigenvalue weighted by molar-refractivity contribution is 6.31. The standard InChI is InChI=1S/C21H21ClF3N5O3/c1-10-3-2-6-30(9-10)20-28-17-16(19(33)29-20)12(8-15(31)27-17)18(32)26-11-4-5-14(22)13(7-11)21(23,24)25/h4-5,7,10,12H,2-3,6,8-9H2,1H3,(H,26,32)(H2,27,28,29,31,33)/t10-,12-/m0/s1. The molecule has 12 heteroatoms. The fraction of sp³-hybridized carbons (Fsp3) is 0.429. The maximum atomic E-state index is 13.1. The van der Waals surface area contributed by atoms with Crippen molar-refractivity contribution in [1.82, 2.24) is 9.97 Å². The second-order valence-electron chi connectivity index (χ2n) is 8.33. The molecule has 2 aliphatic heterocycles. The van der Waals surface area contributed by atoms with E-state index in [0.29, 0.717) is 31.0 Å². The normalized spacial score (nSPS) is 20.8. The van der Waals surface area contributed by atoms with Crippen molar-refractivity contribution in [2.75, 3.05) is 28.6 Å². The molecule has 1 aromatic heterocycles. The summed E-state index contributed by atoms with van der Waals surface area (Å²) in [6, 6.07) is 2.93. The molecule has 0 unspecified atom stereocenters. The summed E-state index contributed by atoms with van der Waals surface area (Å²) in [5, 5.41) is 4.38. The first-order valence-corrected chi connectivity index (χ1v) is 10.8. The van der Waals surface area contributed by atoms with Gasteiger partial charge in [-0.15, -0.1) is 0 Å². The van der Waals surface area contributed by atoms with Crippen molar-refractivity contribution in [3.8, 4) is 0 Å². The number of alkyl halides is 3. The lowest BCUT2D eigenvalue weighted by molar-refractivity contribution is -0.137. The number of amides is 2. The third-order valence-electron chi connectivity index (χ3n) is 5.75. The molecule has 3 N–H and O–H groups in total. The lowest BCUT2D eigenvalue weighted by atomic mass is 9.92. The average molecular weight is 484 g/mol. The summed E-state index contributed by atoms with van der Waals surface area (Å²) < 4.78 is 39.4. The van der Waals surface area contributed by atoms with Crippen LogP contribution in [-0.2, 0) is 15.8 Å². The van der Waals surface area contributed by atoms with Crippen molar-refractivity contribution in [1.29, 1.82) is 0 Å². The van der Waals surface area contributed by atoms with E-state index in [9.17, 15) is 27.6 Å². The van der Waals surface area contributed by atoms with E-state index in [4.69, 9.17) is 11.6 Å². The number of hydrogen-bond donors (Lipinski definition) is 3. The topological polar surface area (TPSA) is 107 Å². The van der Waals surface area contributed by atoms with E-state index in [0.717, 1.165) is 18.9 Å². The van der Waals surface area contributed by atoms with Crippen molar-refractivity contribution in [2.24, 2.45) is 5.92 Å². The monoisotopic (exact) mass is 483 g/mol. The maximum Gasteiger partial charge on any atom is 0.417 e. The van der Waals surface area contributed by atoms with Crippen LogP contribution in [-0.4, -0.2) is 34.9 Å². The van der Waals surface area contributed by atoms with Crippen LogP contribution in [0, 0.1) is 5.92 Å². The molecule has 0 spiro atoms. The van der Waals surface area contributed by atoms with E-state index in [1.807, 2.05) is 4.90 Å². The van der Waals surface area contributed by atoms with Crippen LogP contribution in [0.15, 0.2) is 23.0 Å². The first-order valence-electron chi connectivity index (χ1n) is 10.4. The highest BCUT2D eigenvalue weighted by atomic mass is 35.5. The van der Waals surface area contributed by atoms with Gasteiger partial charge in [-0.1, -0.05) is 18.5 Å². The Bertz CT molecular complexity index is 1170. The van der Waals surface area contributed by atoms with Crippen LogP contribution >= 0.6 is 11.6 Å². The molecule has 0 bridgehead atoms. The Morgan fingerprint density at radius 2 is 2.06 bits per heavy atom. The molecular weight excluding hydrogens is 463 g/mol. The minimum atomic E-state index is -4.71. The number of piperidine rings is 1. The number of aromatic amines is 1. The van der Waals surface area contributed by atoms with Gasteiger partial charge in [-0.25, -0.2) is 0 Å². The zero-order chi connectivity index (χ0) is 23.9. The fourth-order valence-electron chi connectivity index (χ4n) is 4.16. The molecule has 2 amide bonds. The van der Waals surface area contributed by atoms with Crippen LogP contribution in [0.2, 0.25) is 5.02 Å². The van der Waals surface area contributed by atoms with Gasteiger partial charge >= 0.3 is 6.18 Å². The van der Waals surface area contributed by atoms with Gasteiger partial charge in [0.1, 0.15) is 5.82 Å². The van der Waals surface area contributed by atoms with E-state index < -0.39 is 40.1 Å². The highest BCUT2D eigenvalue weighted by Gasteiger charge is 2.37. The van der Waals surface area contributed by atoms with Crippen molar-refractivity contribution in [3.63, 3.8) is 0 Å². The molecule has 0 aliphatic carbocycles. The summed E-state index contributed by atoms with van der Waals surface area (Å²) >= 11 is 5.62. The molecule has 1 saturated heterocycles. The molecule has 1 aromatic carbocycles. The van der Waals surface area contributed by atoms with E-state index >= 15 is 0 Å². The van der Waals surface area contributed by atoms with Crippen molar-refractivity contribution >= 4 is 40.9 Å². The Labute approximate surface area is 191 Å². The number of halogens is 4. The SMILES string of the molecule is C[C@H]1CCCN(c2nc3c(c(=O)[nH]2)[C@@H](C(=O)Nc2ccc(Cl)c(C(F)(F)F)c2)CC(=O)N3)C1. The molecule has 0 radical (unpaired) electrons. The Morgan fingerprint density at radius 3 is 2.76 bits per heavy atom. The molecule has 4 rings (SSSR count). The van der Waals surface area contributed by atoms with E-state index in [1.165, 1.54) is 6.07 Å². The minimum absolute atomic E-state index is 0.0181. The van der Waals surface area contributed by atoms with Crippen molar-refractivity contribution in [2.45, 2.75) is 38.3 Å². The molecular formula is C21H21ClF3N5O3. The zero-order valence-corrected chi connectivity index (χ0v) is 18.3. The van der Waals surface area contributed by atoms with Gasteiger partial charge in [0.05, 0.1) is 22.1 Å². The quantitative estimate of drug-likeness (QED) is 0.616. The smallest absolute Gasteiger partial charge is 0.342 e. The lowest BCUT2D eigenvalue weighted by Crippen LogP contribution is -2.40. The summed E-state index contributed by atoms with van der Waals surface area (Å²) in [6.07, 6.45) is -3.06. The number of nitrogens with one attached hydrogen (secondary N) is 3. The Hall–Kier alpha value is -3.08. The Kier molecular flexibility index (Phi) is 6.08. The van der Waals surface area contributed by atoms with Gasteiger partial charge < -0.3 is 15.5 Å². The number of rotatable bonds is 3. The predicted molar refractivity (Wildman–Crippen MR) is 117 cm³/mol. The van der Waals surface area contributed by atoms with Crippen LogP contribution in [0.4, 0.5) is 30.6 Å². The Morgan fingerprint density at radius 1 is 1.30 bits per heavy atom. The van der Waals surface area contributed by atoms with Gasteiger partial charge in [-0.2, -0.15) is 18.2 Å². The Balaban J connectivity index is 1.63. The number of hydrogen-bond acceptors (Lipinski definition) is 5. The predicted octanol–water partition coefficient (Wildman–Crippen LogP) is 3.74. The minimum Gasteiger partial charge on any atom is -0.342 e. The molecule has 33 heavy (non-hydrogen) atoms. The van der Waals surface area contributed by atoms with Crippen molar-refractivity contribution < 1.29 is 22.8 Å². The van der Waals surface area contributed by atoms with Gasteiger partial charge in [-0.3, -0.25) is 19.4 Å². The molecule has 0 saturated carbocycles. The molecule has 8 nitrogen and oxygen atoms in total. The molecule has 176 valence electrons. The summed E-state index contributed by atoms with van der Waals surface area (Å²) in [5.74, 6) is -1.84. The van der Waals surface area contributed by atoms with Gasteiger partial charge in [0.25, 0.3) is 5.56 Å². The fourth-order valence-corrected chi connectivity index (χ4v) is 4.39. The number of nitrogens with zero attached hydrogens (tertiary/aromatic N) is 2. The summed E-state index contributed by atoms with van der Waals surface area (Å²) in [6.45, 7) is 3.48. The summed E-state index contributed by atoms with van der Waals surface area (Å²) in [7, 11) is 0. The van der Waals surface area contributed by atoms with Crippen molar-refractivity contribution in [3.05, 3.63) is 44.7 Å². The first-order chi connectivity index (χ1) is 15.5. The summed E-state index contributed by atoms with van der Waals surface area (Å²) in [5.41, 5.74) is -1.89. The van der Waals surface area contributed by atoms with Crippen LogP contribution < -0.4 is 21.1 Å². The van der Waals surface area contributed by atoms with Crippen LogP contribution in [0.5, 0.6) is 0 Å². The first kappa shape index (κ1) is 23.1. The van der Waals surface area contributed by atoms with Gasteiger partial charge in [0.2, 0.25) is 17.8 Å². The van der Waals surface area contributed by atoms with Gasteiger partial charge in [-0.05, 0) is 37.0 Å². The molecule has 2 aliphatic rings. The van der Waals surface area contributed by atoms with Crippen LogP contribution in [0.1, 0.15) is 43.2 Å². The number of anilines is 3. The third kappa shape index (κ3) is 4.82. The highest BCUT2D eigenvalue weighted by Crippen LogP contribution is 2.37. The number of H-pyrrole nitrogens is 1. The third-order valence-corrected chi connectivity index (χ3v) is 6.08. The van der Waals surface area contributed by atoms with E-state index in [-0.39, 0.29) is 23.5 Å². The van der Waals surface area contributed by atoms with Gasteiger partial charge in [0.15, 0.2) is 0 Å².